The Balaban J connectivity index is 0.00000107. The first-order valence-electron chi connectivity index (χ1n) is 12.6. The second-order valence-electron chi connectivity index (χ2n) is 9.76. The van der Waals surface area contributed by atoms with E-state index in [9.17, 15) is 4.79 Å². The Morgan fingerprint density at radius 1 is 1.24 bits per heavy atom. The highest BCUT2D eigenvalue weighted by Crippen LogP contribution is 2.45. The van der Waals surface area contributed by atoms with E-state index >= 15 is 0 Å². The summed E-state index contributed by atoms with van der Waals surface area (Å²) in [6, 6.07) is 8.19. The predicted molar refractivity (Wildman–Crippen MR) is 152 cm³/mol. The van der Waals surface area contributed by atoms with Gasteiger partial charge in [0.05, 0.1) is 21.9 Å². The number of aryl methyl sites for hydroxylation is 1. The largest absolute Gasteiger partial charge is 0.397 e. The number of aliphatic hydroxyl groups is 2. The molecule has 3 aromatic heterocycles. The minimum absolute atomic E-state index is 0.0118. The number of amides is 1. The highest BCUT2D eigenvalue weighted by molar-refractivity contribution is 9.10. The summed E-state index contributed by atoms with van der Waals surface area (Å²) in [5, 5.41) is 28.4. The van der Waals surface area contributed by atoms with Crippen molar-refractivity contribution < 1.29 is 15.0 Å². The van der Waals surface area contributed by atoms with Crippen molar-refractivity contribution in [1.82, 2.24) is 30.2 Å². The van der Waals surface area contributed by atoms with Gasteiger partial charge in [-0.15, -0.1) is 0 Å². The number of rotatable bonds is 8. The van der Waals surface area contributed by atoms with Gasteiger partial charge in [0.25, 0.3) is 0 Å². The van der Waals surface area contributed by atoms with Gasteiger partial charge in [0.1, 0.15) is 12.4 Å². The maximum atomic E-state index is 11.4. The lowest BCUT2D eigenvalue weighted by molar-refractivity contribution is -0.124. The zero-order valence-electron chi connectivity index (χ0n) is 21.8. The normalized spacial score (nSPS) is 14.7. The lowest BCUT2D eigenvalue weighted by atomic mass is 10.1. The van der Waals surface area contributed by atoms with E-state index in [4.69, 9.17) is 20.9 Å². The van der Waals surface area contributed by atoms with Crippen molar-refractivity contribution in [2.24, 2.45) is 5.41 Å². The zero-order valence-corrected chi connectivity index (χ0v) is 23.4. The molecular weight excluding hydrogens is 550 g/mol. The minimum atomic E-state index is -0.490. The fourth-order valence-electron chi connectivity index (χ4n) is 4.30. The Kier molecular flexibility index (Phi) is 8.61. The molecule has 1 aromatic carbocycles. The molecule has 10 nitrogen and oxygen atoms in total. The number of halogens is 1. The molecule has 0 spiro atoms. The Labute approximate surface area is 229 Å². The molecule has 1 unspecified atom stereocenters. The third kappa shape index (κ3) is 5.96. The van der Waals surface area contributed by atoms with Crippen LogP contribution in [0.4, 0.5) is 5.82 Å². The Bertz CT molecular complexity index is 1450. The number of benzene rings is 1. The predicted octanol–water partition coefficient (Wildman–Crippen LogP) is 3.14. The maximum absolute atomic E-state index is 11.4. The highest BCUT2D eigenvalue weighted by Gasteiger charge is 2.42. The van der Waals surface area contributed by atoms with Crippen molar-refractivity contribution in [2.75, 3.05) is 32.0 Å². The zero-order chi connectivity index (χ0) is 27.4. The number of nitrogen functional groups attached to an aromatic ring is 1. The molecule has 3 heterocycles. The lowest BCUT2D eigenvalue weighted by Gasteiger charge is -2.21. The van der Waals surface area contributed by atoms with Gasteiger partial charge in [0.2, 0.25) is 5.91 Å². The molecule has 1 fully saturated rings. The number of aromatic nitrogens is 4. The van der Waals surface area contributed by atoms with E-state index in [1.165, 1.54) is 5.56 Å². The molecule has 5 rings (SSSR count). The molecule has 4 aromatic rings. The van der Waals surface area contributed by atoms with Crippen molar-refractivity contribution in [3.63, 3.8) is 0 Å². The summed E-state index contributed by atoms with van der Waals surface area (Å²) in [5.41, 5.74) is 11.8. The third-order valence-corrected chi connectivity index (χ3v) is 7.56. The molecule has 1 atom stereocenters. The first-order chi connectivity index (χ1) is 18.2. The summed E-state index contributed by atoms with van der Waals surface area (Å²) in [6.07, 6.45) is 5.66. The topological polar surface area (TPSA) is 151 Å². The molecular formula is C27H34BrN7O3. The van der Waals surface area contributed by atoms with Crippen LogP contribution in [-0.2, 0) is 4.79 Å². The second-order valence-corrected chi connectivity index (χ2v) is 10.6. The van der Waals surface area contributed by atoms with Crippen LogP contribution in [0.25, 0.3) is 27.7 Å². The molecule has 1 aliphatic carbocycles. The van der Waals surface area contributed by atoms with Gasteiger partial charge in [-0.3, -0.25) is 9.78 Å². The lowest BCUT2D eigenvalue weighted by Crippen LogP contribution is -2.37. The Morgan fingerprint density at radius 3 is 2.66 bits per heavy atom. The molecule has 1 aliphatic rings. The van der Waals surface area contributed by atoms with E-state index in [1.54, 1.807) is 17.6 Å². The van der Waals surface area contributed by atoms with Crippen molar-refractivity contribution >= 4 is 44.2 Å². The fourth-order valence-corrected chi connectivity index (χ4v) is 4.90. The summed E-state index contributed by atoms with van der Waals surface area (Å²) in [7, 11) is 0. The van der Waals surface area contributed by atoms with Crippen molar-refractivity contribution in [2.45, 2.75) is 39.7 Å². The second kappa shape index (κ2) is 11.7. The van der Waals surface area contributed by atoms with Crippen LogP contribution in [-0.4, -0.2) is 62.0 Å². The molecule has 202 valence electrons. The number of carbonyl (C=O) groups excluding carboxylic acids is 1. The van der Waals surface area contributed by atoms with Crippen LogP contribution >= 0.6 is 15.9 Å². The molecule has 38 heavy (non-hydrogen) atoms. The van der Waals surface area contributed by atoms with E-state index in [2.05, 4.69) is 61.8 Å². The first kappa shape index (κ1) is 27.9. The van der Waals surface area contributed by atoms with Gasteiger partial charge >= 0.3 is 0 Å². The fraction of sp³-hybridized carbons (Fsp3) is 0.407. The van der Waals surface area contributed by atoms with E-state index in [-0.39, 0.29) is 24.0 Å². The average molecular weight is 585 g/mol. The van der Waals surface area contributed by atoms with Gasteiger partial charge in [-0.2, -0.15) is 9.61 Å². The van der Waals surface area contributed by atoms with Gasteiger partial charge in [-0.05, 0) is 67.7 Å². The Hall–Kier alpha value is -3.12. The number of carbonyl (C=O) groups is 1. The summed E-state index contributed by atoms with van der Waals surface area (Å²) in [4.78, 5) is 21.0. The van der Waals surface area contributed by atoms with E-state index < -0.39 is 6.61 Å². The van der Waals surface area contributed by atoms with Gasteiger partial charge in [0.15, 0.2) is 5.65 Å². The Morgan fingerprint density at radius 2 is 1.97 bits per heavy atom. The van der Waals surface area contributed by atoms with Gasteiger partial charge in [-0.25, -0.2) is 4.98 Å². The third-order valence-electron chi connectivity index (χ3n) is 6.75. The number of nitrogens with two attached hydrogens (primary N) is 1. The summed E-state index contributed by atoms with van der Waals surface area (Å²) in [5.74, 6) is 0.129. The van der Waals surface area contributed by atoms with Gasteiger partial charge in [-0.1, -0.05) is 11.6 Å². The number of pyridine rings is 1. The minimum Gasteiger partial charge on any atom is -0.397 e. The van der Waals surface area contributed by atoms with E-state index in [1.807, 2.05) is 19.2 Å². The number of aliphatic hydroxyl groups excluding tert-OH is 2. The maximum Gasteiger partial charge on any atom is 0.245 e. The van der Waals surface area contributed by atoms with E-state index in [0.29, 0.717) is 22.5 Å². The molecule has 0 saturated heterocycles. The van der Waals surface area contributed by atoms with Crippen LogP contribution in [0, 0.1) is 12.3 Å². The number of nitrogens with one attached hydrogen (secondary N) is 2. The van der Waals surface area contributed by atoms with Crippen LogP contribution in [0.15, 0.2) is 41.1 Å². The smallest absolute Gasteiger partial charge is 0.245 e. The van der Waals surface area contributed by atoms with Crippen LogP contribution in [0.2, 0.25) is 0 Å². The monoisotopic (exact) mass is 583 g/mol. The molecule has 11 heteroatoms. The summed E-state index contributed by atoms with van der Waals surface area (Å²) in [6.45, 7) is 6.81. The highest BCUT2D eigenvalue weighted by atomic mass is 79.9. The molecule has 1 saturated carbocycles. The molecule has 6 N–H and O–H groups in total. The number of anilines is 1. The molecule has 0 bridgehead atoms. The summed E-state index contributed by atoms with van der Waals surface area (Å²) < 4.78 is 2.34. The average Bonchev–Trinajstić information content (AvgIpc) is 3.56. The van der Waals surface area contributed by atoms with Crippen LogP contribution in [0.5, 0.6) is 0 Å². The molecule has 0 aliphatic heterocycles. The van der Waals surface area contributed by atoms with Crippen molar-refractivity contribution in [3.05, 3.63) is 52.4 Å². The molecule has 0 radical (unpaired) electrons. The molecule has 1 amide bonds. The van der Waals surface area contributed by atoms with Crippen LogP contribution in [0.1, 0.15) is 44.0 Å². The standard InChI is InChI=1S/C25H28BrN7O2.C2H6O/c1-14-3-4-19-16(7-14)8-17(9-28-19)18-10-31-33-23(27)21(26)22(32-24(18)33)15(2)29-12-25(5-6-25)13-30-20(35)11-34;1-2-3/h3-4,7-10,15,29,34H,5-6,11-13,27H2,1-2H3,(H,30,35);3H,2H2,1H3. The van der Waals surface area contributed by atoms with E-state index in [0.717, 1.165) is 47.1 Å². The van der Waals surface area contributed by atoms with Crippen LogP contribution in [0.3, 0.4) is 0 Å². The summed E-state index contributed by atoms with van der Waals surface area (Å²) >= 11 is 3.62. The SMILES string of the molecule is CCO.Cc1ccc2ncc(-c3cnn4c(N)c(Br)c(C(C)NCC5(CNC(=O)CO)CC5)nc34)cc2c1. The number of hydrogen-bond donors (Lipinski definition) is 5. The number of nitrogens with zero attached hydrogens (tertiary/aromatic N) is 4. The number of fused-ring (bicyclic) bond motifs is 2. The first-order valence-corrected chi connectivity index (χ1v) is 13.4. The van der Waals surface area contributed by atoms with Gasteiger partial charge < -0.3 is 26.6 Å². The van der Waals surface area contributed by atoms with Gasteiger partial charge in [0, 0.05) is 53.9 Å². The number of hydrogen-bond acceptors (Lipinski definition) is 8. The van der Waals surface area contributed by atoms with Crippen molar-refractivity contribution in [3.8, 4) is 11.1 Å². The van der Waals surface area contributed by atoms with Crippen LogP contribution < -0.4 is 16.4 Å². The quantitative estimate of drug-likeness (QED) is 0.212. The van der Waals surface area contributed by atoms with Crippen molar-refractivity contribution in [1.29, 1.82) is 0 Å².